The third-order valence-corrected chi connectivity index (χ3v) is 3.41. The molecule has 1 amide bonds. The van der Waals surface area contributed by atoms with E-state index in [1.807, 2.05) is 0 Å². The normalized spacial score (nSPS) is 15.7. The predicted octanol–water partition coefficient (Wildman–Crippen LogP) is 2.44. The van der Waals surface area contributed by atoms with Crippen LogP contribution in [0.1, 0.15) is 10.4 Å². The summed E-state index contributed by atoms with van der Waals surface area (Å²) < 4.78 is 11.2. The van der Waals surface area contributed by atoms with Crippen molar-refractivity contribution >= 4 is 21.8 Å². The van der Waals surface area contributed by atoms with Crippen LogP contribution in [0.3, 0.4) is 0 Å². The number of carbonyl (C=O) groups excluding carboxylic acids is 1. The van der Waals surface area contributed by atoms with Crippen molar-refractivity contribution in [1.29, 1.82) is 0 Å². The zero-order chi connectivity index (χ0) is 13.1. The molecule has 0 atom stereocenters. The van der Waals surface area contributed by atoms with Gasteiger partial charge in [-0.25, -0.2) is 0 Å². The Kier molecular flexibility index (Phi) is 4.04. The minimum absolute atomic E-state index is 0.0749. The van der Waals surface area contributed by atoms with Crippen LogP contribution in [0, 0.1) is 0 Å². The van der Waals surface area contributed by atoms with Crippen LogP contribution in [0.4, 0.5) is 0 Å². The van der Waals surface area contributed by atoms with Crippen LogP contribution in [0.2, 0.25) is 0 Å². The van der Waals surface area contributed by atoms with Crippen molar-refractivity contribution in [3.63, 3.8) is 0 Å². The van der Waals surface area contributed by atoms with Gasteiger partial charge in [0.05, 0.1) is 24.8 Å². The molecule has 1 heterocycles. The molecule has 1 aliphatic rings. The summed E-state index contributed by atoms with van der Waals surface area (Å²) in [6.07, 6.45) is 0. The Labute approximate surface area is 114 Å². The van der Waals surface area contributed by atoms with Gasteiger partial charge < -0.3 is 14.4 Å². The van der Waals surface area contributed by atoms with E-state index in [1.54, 1.807) is 30.2 Å². The van der Waals surface area contributed by atoms with E-state index < -0.39 is 0 Å². The van der Waals surface area contributed by atoms with Crippen molar-refractivity contribution in [2.24, 2.45) is 0 Å². The molecular formula is C13H14BrNO3. The average molecular weight is 312 g/mol. The van der Waals surface area contributed by atoms with Crippen LogP contribution in [0.25, 0.3) is 0 Å². The molecule has 1 aromatic rings. The lowest BCUT2D eigenvalue weighted by Gasteiger charge is -2.29. The lowest BCUT2D eigenvalue weighted by Crippen LogP contribution is -2.38. The van der Waals surface area contributed by atoms with Crippen LogP contribution < -0.4 is 4.74 Å². The van der Waals surface area contributed by atoms with Gasteiger partial charge in [0.15, 0.2) is 0 Å². The third-order valence-electron chi connectivity index (χ3n) is 2.75. The number of hydrogen-bond acceptors (Lipinski definition) is 3. The van der Waals surface area contributed by atoms with Gasteiger partial charge in [0.1, 0.15) is 5.75 Å². The molecule has 5 heteroatoms. The van der Waals surface area contributed by atoms with Gasteiger partial charge in [0.2, 0.25) is 0 Å². The number of amides is 1. The van der Waals surface area contributed by atoms with Crippen molar-refractivity contribution in [2.45, 2.75) is 0 Å². The van der Waals surface area contributed by atoms with Crippen LogP contribution in [0.15, 0.2) is 34.9 Å². The SMILES string of the molecule is C=C1COCCN1C(=O)c1ccc(Br)c(OC)c1. The van der Waals surface area contributed by atoms with Crippen molar-refractivity contribution in [3.05, 3.63) is 40.5 Å². The molecule has 0 aromatic heterocycles. The molecule has 4 nitrogen and oxygen atoms in total. The van der Waals surface area contributed by atoms with Gasteiger partial charge >= 0.3 is 0 Å². The fraction of sp³-hybridized carbons (Fsp3) is 0.308. The van der Waals surface area contributed by atoms with E-state index in [2.05, 4.69) is 22.5 Å². The minimum Gasteiger partial charge on any atom is -0.496 e. The van der Waals surface area contributed by atoms with Gasteiger partial charge in [-0.05, 0) is 34.1 Å². The van der Waals surface area contributed by atoms with Crippen LogP contribution in [0.5, 0.6) is 5.75 Å². The lowest BCUT2D eigenvalue weighted by atomic mass is 10.1. The number of carbonyl (C=O) groups is 1. The van der Waals surface area contributed by atoms with E-state index in [9.17, 15) is 4.79 Å². The number of ether oxygens (including phenoxy) is 2. The first-order valence-electron chi connectivity index (χ1n) is 5.54. The molecule has 1 aromatic carbocycles. The number of rotatable bonds is 2. The molecule has 1 saturated heterocycles. The summed E-state index contributed by atoms with van der Waals surface area (Å²) in [4.78, 5) is 14.0. The van der Waals surface area contributed by atoms with Crippen LogP contribution in [-0.2, 0) is 4.74 Å². The topological polar surface area (TPSA) is 38.8 Å². The maximum atomic E-state index is 12.3. The molecule has 1 fully saturated rings. The third kappa shape index (κ3) is 2.57. The highest BCUT2D eigenvalue weighted by Gasteiger charge is 2.22. The van der Waals surface area contributed by atoms with E-state index in [4.69, 9.17) is 9.47 Å². The Morgan fingerprint density at radius 1 is 1.56 bits per heavy atom. The molecule has 0 radical (unpaired) electrons. The maximum Gasteiger partial charge on any atom is 0.258 e. The molecule has 2 rings (SSSR count). The number of halogens is 1. The quantitative estimate of drug-likeness (QED) is 0.842. The largest absolute Gasteiger partial charge is 0.496 e. The number of morpholine rings is 1. The molecule has 96 valence electrons. The first-order chi connectivity index (χ1) is 8.63. The second kappa shape index (κ2) is 5.54. The smallest absolute Gasteiger partial charge is 0.258 e. The summed E-state index contributed by atoms with van der Waals surface area (Å²) in [5.41, 5.74) is 1.27. The first-order valence-corrected chi connectivity index (χ1v) is 6.33. The van der Waals surface area contributed by atoms with Crippen LogP contribution >= 0.6 is 15.9 Å². The zero-order valence-electron chi connectivity index (χ0n) is 10.1. The molecule has 1 aliphatic heterocycles. The van der Waals surface area contributed by atoms with Crippen molar-refractivity contribution in [2.75, 3.05) is 26.9 Å². The standard InChI is InChI=1S/C13H14BrNO3/c1-9-8-18-6-5-15(9)13(16)10-3-4-11(14)12(7-10)17-2/h3-4,7H,1,5-6,8H2,2H3. The minimum atomic E-state index is -0.0749. The summed E-state index contributed by atoms with van der Waals surface area (Å²) in [5, 5.41) is 0. The highest BCUT2D eigenvalue weighted by Crippen LogP contribution is 2.26. The first kappa shape index (κ1) is 13.1. The lowest BCUT2D eigenvalue weighted by molar-refractivity contribution is 0.0515. The van der Waals surface area contributed by atoms with E-state index in [1.165, 1.54) is 0 Å². The van der Waals surface area contributed by atoms with Crippen molar-refractivity contribution < 1.29 is 14.3 Å². The summed E-state index contributed by atoms with van der Waals surface area (Å²) >= 11 is 3.36. The Balaban J connectivity index is 2.25. The number of methoxy groups -OCH3 is 1. The molecule has 0 N–H and O–H groups in total. The highest BCUT2D eigenvalue weighted by atomic mass is 79.9. The van der Waals surface area contributed by atoms with Crippen molar-refractivity contribution in [1.82, 2.24) is 4.90 Å². The number of nitrogens with zero attached hydrogens (tertiary/aromatic N) is 1. The van der Waals surface area contributed by atoms with Crippen molar-refractivity contribution in [3.8, 4) is 5.75 Å². The molecular weight excluding hydrogens is 298 g/mol. The molecule has 0 aliphatic carbocycles. The fourth-order valence-electron chi connectivity index (χ4n) is 1.78. The molecule has 0 unspecified atom stereocenters. The average Bonchev–Trinajstić information content (AvgIpc) is 2.39. The van der Waals surface area contributed by atoms with Gasteiger partial charge in [-0.3, -0.25) is 4.79 Å². The molecule has 0 saturated carbocycles. The monoisotopic (exact) mass is 311 g/mol. The van der Waals surface area contributed by atoms with Gasteiger partial charge in [-0.1, -0.05) is 6.58 Å². The predicted molar refractivity (Wildman–Crippen MR) is 71.7 cm³/mol. The molecule has 0 spiro atoms. The van der Waals surface area contributed by atoms with E-state index >= 15 is 0 Å². The molecule has 0 bridgehead atoms. The van der Waals surface area contributed by atoms with Gasteiger partial charge in [-0.2, -0.15) is 0 Å². The van der Waals surface area contributed by atoms with Gasteiger partial charge in [-0.15, -0.1) is 0 Å². The second-order valence-electron chi connectivity index (χ2n) is 3.92. The van der Waals surface area contributed by atoms with Gasteiger partial charge in [0, 0.05) is 17.8 Å². The van der Waals surface area contributed by atoms with Gasteiger partial charge in [0.25, 0.3) is 5.91 Å². The Hall–Kier alpha value is -1.33. The Morgan fingerprint density at radius 2 is 2.33 bits per heavy atom. The highest BCUT2D eigenvalue weighted by molar-refractivity contribution is 9.10. The second-order valence-corrected chi connectivity index (χ2v) is 4.78. The summed E-state index contributed by atoms with van der Waals surface area (Å²) in [7, 11) is 1.57. The maximum absolute atomic E-state index is 12.3. The number of hydrogen-bond donors (Lipinski definition) is 0. The molecule has 18 heavy (non-hydrogen) atoms. The summed E-state index contributed by atoms with van der Waals surface area (Å²) in [6.45, 7) is 5.32. The Bertz CT molecular complexity index is 487. The summed E-state index contributed by atoms with van der Waals surface area (Å²) in [6, 6.07) is 5.28. The Morgan fingerprint density at radius 3 is 3.00 bits per heavy atom. The number of benzene rings is 1. The summed E-state index contributed by atoms with van der Waals surface area (Å²) in [5.74, 6) is 0.564. The van der Waals surface area contributed by atoms with Crippen LogP contribution in [-0.4, -0.2) is 37.7 Å². The van der Waals surface area contributed by atoms with E-state index in [-0.39, 0.29) is 5.91 Å². The zero-order valence-corrected chi connectivity index (χ0v) is 11.7. The van der Waals surface area contributed by atoms with E-state index in [0.717, 1.165) is 4.47 Å². The van der Waals surface area contributed by atoms with E-state index in [0.29, 0.717) is 36.8 Å². The fourth-order valence-corrected chi connectivity index (χ4v) is 2.18.